The second-order valence-corrected chi connectivity index (χ2v) is 4.52. The van der Waals surface area contributed by atoms with Gasteiger partial charge < -0.3 is 15.5 Å². The van der Waals surface area contributed by atoms with E-state index in [4.69, 9.17) is 15.4 Å². The lowest BCUT2D eigenvalue weighted by atomic mass is 10.3. The molecule has 0 unspecified atom stereocenters. The van der Waals surface area contributed by atoms with Crippen LogP contribution >= 0.6 is 15.9 Å². The number of alkyl halides is 2. The molecule has 21 heavy (non-hydrogen) atoms. The molecule has 0 aliphatic rings. The average molecular weight is 356 g/mol. The minimum Gasteiger partial charge on any atom is -0.444 e. The van der Waals surface area contributed by atoms with Crippen LogP contribution in [0.4, 0.5) is 14.6 Å². The molecule has 0 saturated carbocycles. The summed E-state index contributed by atoms with van der Waals surface area (Å²) in [5.41, 5.74) is 5.89. The molecule has 0 spiro atoms. The van der Waals surface area contributed by atoms with Crippen molar-refractivity contribution in [3.8, 4) is 6.07 Å². The lowest BCUT2D eigenvalue weighted by Gasteiger charge is -2.07. The Kier molecular flexibility index (Phi) is 4.49. The largest absolute Gasteiger partial charge is 0.444 e. The van der Waals surface area contributed by atoms with Crippen molar-refractivity contribution in [2.24, 2.45) is 10.7 Å². The highest BCUT2D eigenvalue weighted by molar-refractivity contribution is 9.10. The molecule has 2 aromatic heterocycles. The third-order valence-electron chi connectivity index (χ3n) is 2.39. The summed E-state index contributed by atoms with van der Waals surface area (Å²) in [5, 5.41) is 12.2. The van der Waals surface area contributed by atoms with Gasteiger partial charge in [0.15, 0.2) is 5.58 Å². The van der Waals surface area contributed by atoms with E-state index in [0.717, 1.165) is 12.4 Å². The zero-order valence-corrected chi connectivity index (χ0v) is 11.9. The molecule has 0 aromatic carbocycles. The van der Waals surface area contributed by atoms with Crippen LogP contribution in [0.15, 0.2) is 38.0 Å². The third kappa shape index (κ3) is 3.35. The van der Waals surface area contributed by atoms with Gasteiger partial charge in [0.2, 0.25) is 5.76 Å². The normalized spacial score (nSPS) is 12.2. The number of allylic oxidation sites excluding steroid dienone is 1. The van der Waals surface area contributed by atoms with Crippen LogP contribution in [0, 0.1) is 11.3 Å². The molecule has 0 saturated heterocycles. The Hall–Kier alpha value is -2.47. The summed E-state index contributed by atoms with van der Waals surface area (Å²) >= 11 is 3.31. The van der Waals surface area contributed by atoms with Gasteiger partial charge in [0.05, 0.1) is 22.6 Å². The Labute approximate surface area is 126 Å². The van der Waals surface area contributed by atoms with E-state index >= 15 is 0 Å². The van der Waals surface area contributed by atoms with E-state index in [1.54, 1.807) is 0 Å². The first-order valence-corrected chi connectivity index (χ1v) is 6.33. The molecule has 6 nitrogen and oxygen atoms in total. The van der Waals surface area contributed by atoms with E-state index in [1.165, 1.54) is 12.3 Å². The molecule has 2 aromatic rings. The number of halogens is 3. The van der Waals surface area contributed by atoms with Crippen molar-refractivity contribution in [3.05, 3.63) is 34.4 Å². The molecule has 0 bridgehead atoms. The van der Waals surface area contributed by atoms with Gasteiger partial charge in [-0.15, -0.1) is 0 Å². The first-order valence-electron chi connectivity index (χ1n) is 5.53. The van der Waals surface area contributed by atoms with Gasteiger partial charge >= 0.3 is 6.55 Å². The molecular weight excluding hydrogens is 348 g/mol. The lowest BCUT2D eigenvalue weighted by Crippen LogP contribution is -2.06. The number of fused-ring (bicyclic) bond motifs is 1. The molecule has 2 rings (SSSR count). The number of anilines is 1. The molecular formula is C12H8BrF2N5O. The zero-order chi connectivity index (χ0) is 15.4. The second-order valence-electron chi connectivity index (χ2n) is 3.72. The van der Waals surface area contributed by atoms with E-state index in [1.807, 2.05) is 6.07 Å². The first-order chi connectivity index (χ1) is 10.0. The maximum Gasteiger partial charge on any atom is 0.331 e. The lowest BCUT2D eigenvalue weighted by molar-refractivity contribution is 0.160. The number of rotatable bonds is 4. The minimum absolute atomic E-state index is 0.138. The Morgan fingerprint density at radius 3 is 3.00 bits per heavy atom. The molecule has 0 aliphatic carbocycles. The summed E-state index contributed by atoms with van der Waals surface area (Å²) in [6.07, 6.45) is 3.39. The number of nitrogens with one attached hydrogen (secondary N) is 1. The molecule has 0 aliphatic heterocycles. The highest BCUT2D eigenvalue weighted by Gasteiger charge is 2.12. The van der Waals surface area contributed by atoms with Crippen LogP contribution in [-0.2, 0) is 0 Å². The predicted molar refractivity (Wildman–Crippen MR) is 76.8 cm³/mol. The monoisotopic (exact) mass is 355 g/mol. The Morgan fingerprint density at radius 2 is 2.38 bits per heavy atom. The van der Waals surface area contributed by atoms with E-state index in [9.17, 15) is 8.78 Å². The summed E-state index contributed by atoms with van der Waals surface area (Å²) in [5.74, 6) is 0.462. The molecule has 0 fully saturated rings. The van der Waals surface area contributed by atoms with Crippen molar-refractivity contribution in [1.29, 1.82) is 5.26 Å². The van der Waals surface area contributed by atoms with Crippen LogP contribution < -0.4 is 11.1 Å². The van der Waals surface area contributed by atoms with E-state index in [-0.39, 0.29) is 11.5 Å². The van der Waals surface area contributed by atoms with Crippen molar-refractivity contribution >= 4 is 38.9 Å². The smallest absolute Gasteiger partial charge is 0.331 e. The van der Waals surface area contributed by atoms with Crippen LogP contribution in [-0.4, -0.2) is 17.7 Å². The summed E-state index contributed by atoms with van der Waals surface area (Å²) in [7, 11) is 0. The maximum absolute atomic E-state index is 12.0. The summed E-state index contributed by atoms with van der Waals surface area (Å²) in [6, 6.07) is 3.41. The zero-order valence-electron chi connectivity index (χ0n) is 10.3. The first kappa shape index (κ1) is 14.9. The Morgan fingerprint density at radius 1 is 1.62 bits per heavy atom. The fourth-order valence-corrected chi connectivity index (χ4v) is 2.02. The van der Waals surface area contributed by atoms with Crippen molar-refractivity contribution in [2.75, 3.05) is 5.32 Å². The van der Waals surface area contributed by atoms with Gasteiger partial charge in [-0.3, -0.25) is 0 Å². The number of aliphatic imine (C=N–C) groups is 1. The highest BCUT2D eigenvalue weighted by atomic mass is 79.9. The van der Waals surface area contributed by atoms with Gasteiger partial charge in [-0.25, -0.2) is 9.98 Å². The fourth-order valence-electron chi connectivity index (χ4n) is 1.51. The van der Waals surface area contributed by atoms with Gasteiger partial charge in [-0.2, -0.15) is 14.0 Å². The van der Waals surface area contributed by atoms with Gasteiger partial charge in [-0.05, 0) is 15.9 Å². The molecule has 3 N–H and O–H groups in total. The molecule has 2 heterocycles. The number of hydrogen-bond acceptors (Lipinski definition) is 6. The standard InChI is InChI=1S/C12H8BrF2N5O/c13-10-8-1-7(3-17)21-9(8)5-18-11(10)20-6(2-16)4-19-12(14)15/h1-2,4-5,12H,16H2,(H,18,20)/b6-2+,19-4+. The van der Waals surface area contributed by atoms with E-state index in [2.05, 4.69) is 31.2 Å². The van der Waals surface area contributed by atoms with Gasteiger partial charge in [0.25, 0.3) is 0 Å². The molecule has 9 heteroatoms. The van der Waals surface area contributed by atoms with Crippen LogP contribution in [0.3, 0.4) is 0 Å². The number of nitrogens with zero attached hydrogens (tertiary/aromatic N) is 3. The number of aromatic nitrogens is 1. The Balaban J connectivity index is 2.34. The van der Waals surface area contributed by atoms with Gasteiger partial charge in [0, 0.05) is 17.7 Å². The van der Waals surface area contributed by atoms with Gasteiger partial charge in [-0.1, -0.05) is 0 Å². The number of furan rings is 1. The number of nitrogens with two attached hydrogens (primary N) is 1. The Bertz CT molecular complexity index is 763. The van der Waals surface area contributed by atoms with Crippen LogP contribution in [0.1, 0.15) is 5.76 Å². The predicted octanol–water partition coefficient (Wildman–Crippen LogP) is 2.97. The second kappa shape index (κ2) is 6.32. The molecule has 108 valence electrons. The van der Waals surface area contributed by atoms with E-state index in [0.29, 0.717) is 21.3 Å². The van der Waals surface area contributed by atoms with Crippen molar-refractivity contribution in [3.63, 3.8) is 0 Å². The summed E-state index contributed by atoms with van der Waals surface area (Å²) in [6.45, 7) is -2.83. The average Bonchev–Trinajstić information content (AvgIpc) is 2.89. The van der Waals surface area contributed by atoms with Gasteiger partial charge in [0.1, 0.15) is 11.9 Å². The van der Waals surface area contributed by atoms with Crippen LogP contribution in [0.5, 0.6) is 0 Å². The molecule has 0 amide bonds. The summed E-state index contributed by atoms with van der Waals surface area (Å²) < 4.78 is 29.8. The van der Waals surface area contributed by atoms with Crippen LogP contribution in [0.25, 0.3) is 11.0 Å². The van der Waals surface area contributed by atoms with Crippen molar-refractivity contribution in [2.45, 2.75) is 6.55 Å². The summed E-state index contributed by atoms with van der Waals surface area (Å²) in [4.78, 5) is 6.99. The van der Waals surface area contributed by atoms with Crippen LogP contribution in [0.2, 0.25) is 0 Å². The van der Waals surface area contributed by atoms with Crippen molar-refractivity contribution < 1.29 is 13.2 Å². The third-order valence-corrected chi connectivity index (χ3v) is 3.20. The molecule has 0 atom stereocenters. The number of nitriles is 1. The quantitative estimate of drug-likeness (QED) is 0.648. The SMILES string of the molecule is N#Cc1cc2c(Br)c(NC(/C=N/C(F)F)=C/N)ncc2o1. The molecule has 0 radical (unpaired) electrons. The number of hydrogen-bond donors (Lipinski definition) is 2. The maximum atomic E-state index is 12.0. The van der Waals surface area contributed by atoms with Crippen molar-refractivity contribution in [1.82, 2.24) is 4.98 Å². The fraction of sp³-hybridized carbons (Fsp3) is 0.0833. The van der Waals surface area contributed by atoms with E-state index < -0.39 is 6.55 Å². The highest BCUT2D eigenvalue weighted by Crippen LogP contribution is 2.31. The number of pyridine rings is 1. The minimum atomic E-state index is -2.83. The topological polar surface area (TPSA) is 100 Å².